The normalized spacial score (nSPS) is 14.7. The van der Waals surface area contributed by atoms with Crippen molar-refractivity contribution in [3.05, 3.63) is 47.4 Å². The van der Waals surface area contributed by atoms with E-state index in [2.05, 4.69) is 15.6 Å². The highest BCUT2D eigenvalue weighted by Crippen LogP contribution is 2.17. The van der Waals surface area contributed by atoms with Crippen LogP contribution in [0.4, 0.5) is 14.8 Å². The number of aromatic nitrogens is 1. The van der Waals surface area contributed by atoms with E-state index < -0.39 is 75.9 Å². The van der Waals surface area contributed by atoms with Crippen LogP contribution >= 0.6 is 0 Å². The van der Waals surface area contributed by atoms with E-state index in [1.165, 1.54) is 6.92 Å². The van der Waals surface area contributed by atoms with Crippen LogP contribution in [-0.2, 0) is 21.2 Å². The molecule has 0 fully saturated rings. The van der Waals surface area contributed by atoms with Gasteiger partial charge in [-0.2, -0.15) is 10.2 Å². The molecule has 1 aromatic carbocycles. The van der Waals surface area contributed by atoms with E-state index in [1.807, 2.05) is 4.72 Å². The van der Waals surface area contributed by atoms with Crippen LogP contribution in [0.15, 0.2) is 28.9 Å². The lowest BCUT2D eigenvalue weighted by atomic mass is 9.92. The Morgan fingerprint density at radius 2 is 1.75 bits per heavy atom. The number of halogens is 2. The number of carbonyl (C=O) groups is 2. The van der Waals surface area contributed by atoms with Gasteiger partial charge in [-0.3, -0.25) is 9.59 Å². The molecule has 0 unspecified atom stereocenters. The zero-order chi connectivity index (χ0) is 27.0. The Hall–Kier alpha value is -3.61. The predicted octanol–water partition coefficient (Wildman–Crippen LogP) is 0.196. The average Bonchev–Trinajstić information content (AvgIpc) is 3.24. The number of nitrogens with one attached hydrogen (secondary N) is 3. The molecule has 2 amide bonds. The van der Waals surface area contributed by atoms with Gasteiger partial charge in [-0.05, 0) is 31.0 Å². The molecular weight excluding hydrogens is 504 g/mol. The summed E-state index contributed by atoms with van der Waals surface area (Å²) in [7, 11) is -3.75. The fourth-order valence-electron chi connectivity index (χ4n) is 3.20. The van der Waals surface area contributed by atoms with Gasteiger partial charge >= 0.3 is 6.01 Å². The maximum Gasteiger partial charge on any atom is 0.309 e. The monoisotopic (exact) mass is 529 g/mol. The molecule has 1 heterocycles. The van der Waals surface area contributed by atoms with E-state index in [4.69, 9.17) is 9.68 Å². The molecule has 36 heavy (non-hydrogen) atoms. The van der Waals surface area contributed by atoms with Gasteiger partial charge in [0.1, 0.15) is 30.1 Å². The first-order valence-electron chi connectivity index (χ1n) is 10.6. The molecule has 0 aliphatic carbocycles. The Bertz CT molecular complexity index is 1210. The van der Waals surface area contributed by atoms with Gasteiger partial charge in [0.25, 0.3) is 5.91 Å². The second kappa shape index (κ2) is 12.4. The lowest BCUT2D eigenvalue weighted by molar-refractivity contribution is -0.121. The van der Waals surface area contributed by atoms with Gasteiger partial charge < -0.3 is 25.3 Å². The topological polar surface area (TPSA) is 195 Å². The van der Waals surface area contributed by atoms with Crippen LogP contribution in [0.3, 0.4) is 0 Å². The summed E-state index contributed by atoms with van der Waals surface area (Å²) in [5.41, 5.74) is -0.395. The number of nitriles is 1. The van der Waals surface area contributed by atoms with Crippen molar-refractivity contribution < 1.29 is 41.4 Å². The van der Waals surface area contributed by atoms with Crippen LogP contribution < -0.4 is 15.4 Å². The lowest BCUT2D eigenvalue weighted by Crippen LogP contribution is -2.56. The quantitative estimate of drug-likeness (QED) is 0.255. The van der Waals surface area contributed by atoms with Crippen molar-refractivity contribution in [1.29, 1.82) is 5.26 Å². The van der Waals surface area contributed by atoms with E-state index in [9.17, 15) is 37.0 Å². The van der Waals surface area contributed by atoms with Gasteiger partial charge in [-0.15, -0.1) is 0 Å². The number of hydrogen-bond donors (Lipinski definition) is 5. The summed E-state index contributed by atoms with van der Waals surface area (Å²) in [6.45, 7) is 2.50. The molecule has 2 rings (SSSR count). The number of nitrogens with zero attached hydrogens (tertiary/aromatic N) is 2. The average molecular weight is 530 g/mol. The highest BCUT2D eigenvalue weighted by atomic mass is 32.2. The molecule has 12 nitrogen and oxygen atoms in total. The minimum absolute atomic E-state index is 0.0111. The third-order valence-corrected chi connectivity index (χ3v) is 6.17. The molecule has 1 aromatic heterocycles. The Kier molecular flexibility index (Phi) is 9.84. The van der Waals surface area contributed by atoms with E-state index in [0.29, 0.717) is 6.07 Å². The molecule has 0 bridgehead atoms. The van der Waals surface area contributed by atoms with Crippen molar-refractivity contribution in [2.75, 3.05) is 10.5 Å². The fourth-order valence-corrected chi connectivity index (χ4v) is 3.71. The van der Waals surface area contributed by atoms with Crippen molar-refractivity contribution >= 4 is 27.9 Å². The minimum atomic E-state index is -3.75. The van der Waals surface area contributed by atoms with Crippen molar-refractivity contribution in [3.8, 4) is 6.07 Å². The highest BCUT2D eigenvalue weighted by Gasteiger charge is 2.34. The van der Waals surface area contributed by atoms with Gasteiger partial charge in [-0.1, -0.05) is 0 Å². The van der Waals surface area contributed by atoms with E-state index in [-0.39, 0.29) is 17.7 Å². The summed E-state index contributed by atoms with van der Waals surface area (Å²) in [5.74, 6) is -3.71. The van der Waals surface area contributed by atoms with Crippen molar-refractivity contribution in [1.82, 2.24) is 15.6 Å². The Morgan fingerprint density at radius 1 is 1.14 bits per heavy atom. The van der Waals surface area contributed by atoms with Crippen LogP contribution in [0, 0.1) is 23.0 Å². The number of oxazole rings is 1. The first kappa shape index (κ1) is 28.6. The van der Waals surface area contributed by atoms with Gasteiger partial charge in [0.2, 0.25) is 15.9 Å². The third-order valence-electron chi connectivity index (χ3n) is 4.93. The molecule has 5 N–H and O–H groups in total. The highest BCUT2D eigenvalue weighted by molar-refractivity contribution is 7.92. The maximum atomic E-state index is 13.7. The summed E-state index contributed by atoms with van der Waals surface area (Å²) in [4.78, 5) is 27.9. The number of sulfonamides is 1. The third kappa shape index (κ3) is 8.26. The molecular formula is C21H25F2N5O7S. The van der Waals surface area contributed by atoms with Gasteiger partial charge in [0.15, 0.2) is 5.69 Å². The number of aliphatic hydroxyl groups excluding tert-OH is 2. The van der Waals surface area contributed by atoms with Crippen LogP contribution in [0.25, 0.3) is 0 Å². The zero-order valence-corrected chi connectivity index (χ0v) is 20.1. The van der Waals surface area contributed by atoms with Crippen molar-refractivity contribution in [2.24, 2.45) is 0 Å². The van der Waals surface area contributed by atoms with E-state index in [0.717, 1.165) is 25.3 Å². The molecule has 0 saturated carbocycles. The molecule has 196 valence electrons. The second-order valence-electron chi connectivity index (χ2n) is 7.76. The first-order chi connectivity index (χ1) is 16.8. The van der Waals surface area contributed by atoms with Crippen molar-refractivity contribution in [3.63, 3.8) is 0 Å². The smallest absolute Gasteiger partial charge is 0.309 e. The number of amides is 2. The van der Waals surface area contributed by atoms with Crippen LogP contribution in [0.2, 0.25) is 0 Å². The van der Waals surface area contributed by atoms with E-state index >= 15 is 0 Å². The summed E-state index contributed by atoms with van der Waals surface area (Å²) < 4.78 is 57.6. The molecule has 0 spiro atoms. The molecule has 0 radical (unpaired) electrons. The summed E-state index contributed by atoms with van der Waals surface area (Å²) in [5, 5.41) is 35.1. The zero-order valence-electron chi connectivity index (χ0n) is 19.2. The van der Waals surface area contributed by atoms with Crippen molar-refractivity contribution in [2.45, 2.75) is 51.0 Å². The molecule has 2 aromatic rings. The molecule has 0 saturated heterocycles. The summed E-state index contributed by atoms with van der Waals surface area (Å²) >= 11 is 0. The van der Waals surface area contributed by atoms with Gasteiger partial charge in [0, 0.05) is 13.0 Å². The summed E-state index contributed by atoms with van der Waals surface area (Å²) in [6, 6.07) is 1.15. The Labute approximate surface area is 205 Å². The molecule has 4 atom stereocenters. The number of aliphatic hydroxyl groups is 2. The number of rotatable bonds is 12. The van der Waals surface area contributed by atoms with Crippen LogP contribution in [0.1, 0.15) is 36.3 Å². The lowest BCUT2D eigenvalue weighted by Gasteiger charge is -2.31. The minimum Gasteiger partial charge on any atom is -0.431 e. The van der Waals surface area contributed by atoms with Crippen LogP contribution in [0.5, 0.6) is 0 Å². The Balaban J connectivity index is 2.32. The molecule has 15 heteroatoms. The van der Waals surface area contributed by atoms with Crippen LogP contribution in [-0.4, -0.2) is 65.5 Å². The number of carbonyl (C=O) groups excluding carboxylic acids is 2. The SMILES string of the molecule is CCS(=O)(=O)Nc1nc(C(=O)N[C@@H](Cc2cc(F)cc(F)c2)[C@@H](O)[C@H](O)[C@@H](CC#N)NC(C)=O)co1. The second-order valence-corrected chi connectivity index (χ2v) is 9.77. The Morgan fingerprint density at radius 3 is 2.31 bits per heavy atom. The number of hydrogen-bond acceptors (Lipinski definition) is 9. The molecule has 0 aliphatic heterocycles. The van der Waals surface area contributed by atoms with Gasteiger partial charge in [-0.25, -0.2) is 21.9 Å². The van der Waals surface area contributed by atoms with E-state index in [1.54, 1.807) is 6.07 Å². The standard InChI is InChI=1S/C21H25F2N5O7S/c1-3-36(33,34)28-21-27-17(10-35-21)20(32)26-16(8-12-6-13(22)9-14(23)7-12)19(31)18(30)15(4-5-24)25-11(2)29/h6-7,9-10,15-16,18-19,30-31H,3-4,8H2,1-2H3,(H,25,29)(H,26,32)(H,27,28)/t15-,16+,18-,19-/m1/s1. The predicted molar refractivity (Wildman–Crippen MR) is 121 cm³/mol. The summed E-state index contributed by atoms with van der Waals surface area (Å²) in [6.07, 6.45) is -3.56. The van der Waals surface area contributed by atoms with Gasteiger partial charge in [0.05, 0.1) is 30.3 Å². The molecule has 0 aliphatic rings. The fraction of sp³-hybridized carbons (Fsp3) is 0.429. The first-order valence-corrected chi connectivity index (χ1v) is 12.2. The number of anilines is 1. The maximum absolute atomic E-state index is 13.7. The number of benzene rings is 1. The largest absolute Gasteiger partial charge is 0.431 e.